The van der Waals surface area contributed by atoms with Crippen LogP contribution in [0, 0.1) is 5.92 Å². The van der Waals surface area contributed by atoms with E-state index in [1.807, 2.05) is 12.3 Å². The molecule has 14 nitrogen and oxygen atoms in total. The van der Waals surface area contributed by atoms with Crippen molar-refractivity contribution in [3.05, 3.63) is 74.7 Å². The van der Waals surface area contributed by atoms with Crippen molar-refractivity contribution in [2.45, 2.75) is 95.4 Å². The molecule has 6 aliphatic rings. The Morgan fingerprint density at radius 1 is 0.871 bits per heavy atom. The largest absolute Gasteiger partial charge is 0.496 e. The molecule has 9 rings (SSSR count). The summed E-state index contributed by atoms with van der Waals surface area (Å²) in [5.41, 5.74) is 7.34. The minimum atomic E-state index is -0.488. The van der Waals surface area contributed by atoms with Gasteiger partial charge >= 0.3 is 6.03 Å². The topological polar surface area (TPSA) is 137 Å². The number of ketones is 2. The van der Waals surface area contributed by atoms with Gasteiger partial charge in [-0.1, -0.05) is 6.07 Å². The van der Waals surface area contributed by atoms with Gasteiger partial charge in [0.05, 0.1) is 38.8 Å². The molecular weight excluding hydrogens is 787 g/mol. The number of carbonyl (C=O) groups excluding carboxylic acids is 4. The smallest absolute Gasteiger partial charge is 0.317 e. The SMILES string of the molecule is CNC(=O)N1CCc2c(-c3cc(OC)c(CN4CCN(CCC5CCN(c6ccc7c(c6)C(=O)N(C6CCC(=O)CC6=O)C7)CC5)CC45CCC5)c(OC)c3)cn(C)c(=O)c2C1. The van der Waals surface area contributed by atoms with Crippen LogP contribution in [0.15, 0.2) is 41.3 Å². The highest BCUT2D eigenvalue weighted by Gasteiger charge is 2.47. The number of anilines is 1. The third-order valence-electron chi connectivity index (χ3n) is 15.1. The van der Waals surface area contributed by atoms with Gasteiger partial charge in [0.1, 0.15) is 17.3 Å². The Morgan fingerprint density at radius 2 is 1.63 bits per heavy atom. The molecule has 1 unspecified atom stereocenters. The number of aryl methyl sites for hydroxylation is 1. The molecule has 4 fully saturated rings. The molecule has 14 heteroatoms. The fourth-order valence-electron chi connectivity index (χ4n) is 11.3. The zero-order chi connectivity index (χ0) is 43.3. The van der Waals surface area contributed by atoms with Gasteiger partial charge in [0.2, 0.25) is 0 Å². The molecule has 2 aromatic carbocycles. The van der Waals surface area contributed by atoms with E-state index in [0.717, 1.165) is 104 Å². The fourth-order valence-corrected chi connectivity index (χ4v) is 11.3. The Morgan fingerprint density at radius 3 is 2.31 bits per heavy atom. The van der Waals surface area contributed by atoms with Crippen LogP contribution in [-0.2, 0) is 42.7 Å². The third-order valence-corrected chi connectivity index (χ3v) is 15.1. The minimum Gasteiger partial charge on any atom is -0.496 e. The van der Waals surface area contributed by atoms with E-state index in [4.69, 9.17) is 9.47 Å². The van der Waals surface area contributed by atoms with Crippen molar-refractivity contribution in [3.63, 3.8) is 0 Å². The molecule has 62 heavy (non-hydrogen) atoms. The van der Waals surface area contributed by atoms with Crippen LogP contribution in [0.1, 0.15) is 90.4 Å². The highest BCUT2D eigenvalue weighted by Crippen LogP contribution is 2.45. The highest BCUT2D eigenvalue weighted by molar-refractivity contribution is 6.07. The fraction of sp³-hybridized carbons (Fsp3) is 0.562. The number of pyridine rings is 1. The van der Waals surface area contributed by atoms with E-state index in [1.54, 1.807) is 42.7 Å². The summed E-state index contributed by atoms with van der Waals surface area (Å²) >= 11 is 0. The van der Waals surface area contributed by atoms with E-state index in [9.17, 15) is 24.0 Å². The number of piperidine rings is 1. The Balaban J connectivity index is 0.816. The molecule has 5 heterocycles. The van der Waals surface area contributed by atoms with Gasteiger partial charge in [0, 0.05) is 107 Å². The zero-order valence-corrected chi connectivity index (χ0v) is 36.8. The number of amides is 3. The number of benzene rings is 2. The number of piperazine rings is 1. The number of fused-ring (bicyclic) bond motifs is 2. The predicted octanol–water partition coefficient (Wildman–Crippen LogP) is 4.76. The zero-order valence-electron chi connectivity index (χ0n) is 36.8. The molecule has 3 aromatic rings. The number of nitrogens with one attached hydrogen (secondary N) is 1. The molecule has 4 aliphatic heterocycles. The van der Waals surface area contributed by atoms with Crippen LogP contribution in [0.5, 0.6) is 11.5 Å². The van der Waals surface area contributed by atoms with Crippen LogP contribution in [0.25, 0.3) is 11.1 Å². The molecule has 0 bridgehead atoms. The lowest BCUT2D eigenvalue weighted by molar-refractivity contribution is -0.133. The Hall–Kier alpha value is -5.21. The first-order valence-electron chi connectivity index (χ1n) is 22.6. The predicted molar refractivity (Wildman–Crippen MR) is 236 cm³/mol. The lowest BCUT2D eigenvalue weighted by Crippen LogP contribution is -2.65. The van der Waals surface area contributed by atoms with Gasteiger partial charge in [0.15, 0.2) is 5.78 Å². The number of carbonyl (C=O) groups is 4. The highest BCUT2D eigenvalue weighted by atomic mass is 16.5. The van der Waals surface area contributed by atoms with Crippen LogP contribution in [0.4, 0.5) is 10.5 Å². The number of hydrogen-bond acceptors (Lipinski definition) is 10. The first-order valence-corrected chi connectivity index (χ1v) is 22.6. The number of methoxy groups -OCH3 is 2. The van der Waals surface area contributed by atoms with Crippen molar-refractivity contribution in [1.82, 2.24) is 29.5 Å². The minimum absolute atomic E-state index is 0.0252. The van der Waals surface area contributed by atoms with Gasteiger partial charge in [-0.15, -0.1) is 0 Å². The number of hydrogen-bond donors (Lipinski definition) is 1. The standard InChI is InChI=1S/C48H61N7O7/c1-49-47(60)53-19-13-36-38(27-50(2)45(58)39(36)28-53)33-22-43(61-3)40(44(23-33)62-4)29-54-21-20-51(30-48(54)14-5-15-48)16-10-31-11-17-52(18-12-31)34-7-6-32-26-55(46(59)37(32)24-34)41-9-8-35(56)25-42(41)57/h6-7,22-24,27,31,41H,5,8-21,25-26,28-30H2,1-4H3,(H,49,60). The number of Topliss-reactive ketones (excluding diaryl/α,β-unsaturated/α-hetero) is 2. The van der Waals surface area contributed by atoms with Gasteiger partial charge in [0.25, 0.3) is 11.5 Å². The van der Waals surface area contributed by atoms with E-state index in [1.165, 1.54) is 25.7 Å². The molecule has 1 atom stereocenters. The van der Waals surface area contributed by atoms with Gasteiger partial charge in [-0.2, -0.15) is 0 Å². The van der Waals surface area contributed by atoms with Gasteiger partial charge in [-0.25, -0.2) is 4.79 Å². The van der Waals surface area contributed by atoms with Crippen LogP contribution >= 0.6 is 0 Å². The third kappa shape index (κ3) is 7.78. The lowest BCUT2D eigenvalue weighted by Gasteiger charge is -2.56. The Kier molecular flexibility index (Phi) is 11.7. The average molecular weight is 848 g/mol. The van der Waals surface area contributed by atoms with Gasteiger partial charge in [-0.05, 0) is 105 Å². The van der Waals surface area contributed by atoms with Crippen molar-refractivity contribution in [2.24, 2.45) is 13.0 Å². The second-order valence-electron chi connectivity index (χ2n) is 18.5. The average Bonchev–Trinajstić information content (AvgIpc) is 3.60. The van der Waals surface area contributed by atoms with E-state index >= 15 is 0 Å². The lowest BCUT2D eigenvalue weighted by atomic mass is 9.73. The number of nitrogens with zero attached hydrogens (tertiary/aromatic N) is 6. The summed E-state index contributed by atoms with van der Waals surface area (Å²) in [4.78, 5) is 74.8. The Bertz CT molecular complexity index is 2300. The monoisotopic (exact) mass is 847 g/mol. The normalized spacial score (nSPS) is 21.8. The number of ether oxygens (including phenoxy) is 2. The molecule has 2 saturated carbocycles. The van der Waals surface area contributed by atoms with Crippen molar-refractivity contribution in [3.8, 4) is 22.6 Å². The first kappa shape index (κ1) is 42.1. The van der Waals surface area contributed by atoms with Crippen LogP contribution in [0.2, 0.25) is 0 Å². The summed E-state index contributed by atoms with van der Waals surface area (Å²) in [5.74, 6) is 1.97. The first-order chi connectivity index (χ1) is 30.0. The second-order valence-corrected chi connectivity index (χ2v) is 18.5. The maximum Gasteiger partial charge on any atom is 0.317 e. The molecule has 2 saturated heterocycles. The van der Waals surface area contributed by atoms with Crippen molar-refractivity contribution < 1.29 is 28.7 Å². The number of urea groups is 1. The molecule has 3 amide bonds. The molecular formula is C48H61N7O7. The Labute approximate surface area is 364 Å². The van der Waals surface area contributed by atoms with Crippen LogP contribution in [-0.4, -0.2) is 126 Å². The van der Waals surface area contributed by atoms with Crippen LogP contribution in [0.3, 0.4) is 0 Å². The van der Waals surface area contributed by atoms with Crippen molar-refractivity contribution >= 4 is 29.2 Å². The summed E-state index contributed by atoms with van der Waals surface area (Å²) < 4.78 is 13.8. The molecule has 2 aliphatic carbocycles. The summed E-state index contributed by atoms with van der Waals surface area (Å²) in [6.45, 7) is 8.06. The van der Waals surface area contributed by atoms with E-state index in [-0.39, 0.29) is 47.6 Å². The maximum absolute atomic E-state index is 13.5. The van der Waals surface area contributed by atoms with Gasteiger partial charge < -0.3 is 39.0 Å². The summed E-state index contributed by atoms with van der Waals surface area (Å²) in [7, 11) is 6.81. The van der Waals surface area contributed by atoms with E-state index < -0.39 is 6.04 Å². The second kappa shape index (κ2) is 17.2. The van der Waals surface area contributed by atoms with Gasteiger partial charge in [-0.3, -0.25) is 24.1 Å². The van der Waals surface area contributed by atoms with E-state index in [0.29, 0.717) is 49.4 Å². The quantitative estimate of drug-likeness (QED) is 0.285. The number of aromatic nitrogens is 1. The molecule has 1 spiro atoms. The van der Waals surface area contributed by atoms with Crippen molar-refractivity contribution in [2.75, 3.05) is 72.0 Å². The molecule has 330 valence electrons. The van der Waals surface area contributed by atoms with Crippen molar-refractivity contribution in [1.29, 1.82) is 0 Å². The molecule has 0 radical (unpaired) electrons. The number of rotatable bonds is 10. The summed E-state index contributed by atoms with van der Waals surface area (Å²) in [6.07, 6.45) is 10.2. The van der Waals surface area contributed by atoms with E-state index in [2.05, 4.69) is 44.3 Å². The summed E-state index contributed by atoms with van der Waals surface area (Å²) in [6, 6.07) is 9.70. The van der Waals surface area contributed by atoms with Crippen LogP contribution < -0.4 is 25.2 Å². The molecule has 1 aromatic heterocycles. The maximum atomic E-state index is 13.5. The molecule has 1 N–H and O–H groups in total. The summed E-state index contributed by atoms with van der Waals surface area (Å²) in [5, 5.41) is 2.69.